The van der Waals surface area contributed by atoms with E-state index in [0.29, 0.717) is 68.2 Å². The maximum atomic E-state index is 12.2. The second kappa shape index (κ2) is 24.2. The van der Waals surface area contributed by atoms with Crippen molar-refractivity contribution >= 4 is 131 Å². The van der Waals surface area contributed by atoms with Gasteiger partial charge in [0.05, 0.1) is 34.3 Å². The number of carbonyl (C=O) groups is 2. The monoisotopic (exact) mass is 1280 g/mol. The molecule has 6 aromatic rings. The number of fused-ring (bicyclic) bond motifs is 3. The lowest BCUT2D eigenvalue weighted by Gasteiger charge is -2.33. The minimum atomic E-state index is -0.476. The Kier molecular flexibility index (Phi) is 18.7. The number of aromatic amines is 1. The molecule has 0 bridgehead atoms. The summed E-state index contributed by atoms with van der Waals surface area (Å²) in [6.07, 6.45) is 8.65. The summed E-state index contributed by atoms with van der Waals surface area (Å²) >= 11 is 6.45. The summed E-state index contributed by atoms with van der Waals surface area (Å²) in [5.74, 6) is 1.43. The lowest BCUT2D eigenvalue weighted by Crippen LogP contribution is -2.42. The second-order valence-electron chi connectivity index (χ2n) is 17.8. The summed E-state index contributed by atoms with van der Waals surface area (Å²) in [5, 5.41) is 37.9. The zero-order valence-corrected chi connectivity index (χ0v) is 45.1. The molecule has 3 fully saturated rings. The number of aliphatic hydroxyl groups is 1. The number of nitriles is 1. The summed E-state index contributed by atoms with van der Waals surface area (Å²) in [7, 11) is 0. The van der Waals surface area contributed by atoms with Crippen molar-refractivity contribution in [3.8, 4) is 6.55 Å². The summed E-state index contributed by atoms with van der Waals surface area (Å²) in [4.78, 5) is 51.6. The van der Waals surface area contributed by atoms with Gasteiger partial charge < -0.3 is 46.9 Å². The molecule has 2 amide bonds. The number of nitrogens with two attached hydrogens (primary N) is 3. The second-order valence-corrected chi connectivity index (χ2v) is 20.9. The molecule has 3 aliphatic rings. The highest BCUT2D eigenvalue weighted by atomic mass is 127. The zero-order valence-electron chi connectivity index (χ0n) is 39.7. The maximum Gasteiger partial charge on any atom is 0.410 e. The fourth-order valence-electron chi connectivity index (χ4n) is 7.30. The normalized spacial score (nSPS) is 16.2. The van der Waals surface area contributed by atoms with Crippen molar-refractivity contribution in [3.05, 3.63) is 30.1 Å². The molecule has 3 aliphatic heterocycles. The van der Waals surface area contributed by atoms with Crippen molar-refractivity contribution in [2.75, 3.05) is 56.5 Å². The van der Waals surface area contributed by atoms with Crippen LogP contribution in [0.25, 0.3) is 33.1 Å². The standard InChI is InChI=1S/C15H21IN6O2.C10H13IN6.C10H19NO3.C5H4IN5.CHN/c1-15(2,3)24-14(23)21-6-4-9(5-7-21)22-13-10(11(16)20-22)12(17)18-8-19-13;11-8-7-9(12)14-5-15-10(7)17(16-8)6-1-3-13-4-2-6;1-10(2,3)14-9(13)11-6-4-8(12)5-7-11;6-3-2-4(7)8-1-9-5(2)11-10-3;1-2/h8-9H,4-7H2,1-3H3,(H2,17,18,19);5-6,13H,1-4H2,(H2,12,14,15);8,12H,4-7H2,1-3H3;1H,(H3,7,8,9,10,11);1H/i;;;;1D. The Balaban J connectivity index is 0.000000175. The molecule has 0 aromatic carbocycles. The van der Waals surface area contributed by atoms with Gasteiger partial charge in [-0.25, -0.2) is 54.1 Å². The number of rotatable bonds is 2. The third-order valence-electron chi connectivity index (χ3n) is 10.5. The molecule has 0 spiro atoms. The van der Waals surface area contributed by atoms with E-state index in [9.17, 15) is 14.7 Å². The third-order valence-corrected chi connectivity index (χ3v) is 12.8. The predicted octanol–water partition coefficient (Wildman–Crippen LogP) is 5.58. The summed E-state index contributed by atoms with van der Waals surface area (Å²) in [6, 6.07) is 0.598. The first-order valence-corrected chi connectivity index (χ1v) is 24.9. The van der Waals surface area contributed by atoms with Gasteiger partial charge >= 0.3 is 12.2 Å². The SMILES string of the molecule is CC(C)(C)OC(=O)N1CCC(O)CC1.CC(C)(C)OC(=O)N1CCC(n2nc(I)c3c(N)ncnc32)CC1.Nc1ncnc2c1c(I)nn2C1CCNCC1.Nc1ncnc2n[nH]c(I)c12.[2H]C#N. The smallest absolute Gasteiger partial charge is 0.410 e. The Morgan fingerprint density at radius 3 is 1.53 bits per heavy atom. The molecule has 27 heteroatoms. The molecule has 9 heterocycles. The molecule has 0 radical (unpaired) electrons. The van der Waals surface area contributed by atoms with Gasteiger partial charge in [-0.15, -0.1) is 0 Å². The van der Waals surface area contributed by atoms with Crippen LogP contribution in [0, 0.1) is 22.9 Å². The third kappa shape index (κ3) is 14.4. The summed E-state index contributed by atoms with van der Waals surface area (Å²) < 4.78 is 22.6. The number of nitrogens with one attached hydrogen (secondary N) is 2. The first-order valence-electron chi connectivity index (χ1n) is 22.2. The molecule has 0 aliphatic carbocycles. The number of piperidine rings is 3. The van der Waals surface area contributed by atoms with Crippen LogP contribution in [0.2, 0.25) is 0 Å². The van der Waals surface area contributed by atoms with Crippen LogP contribution in [0.15, 0.2) is 19.0 Å². The fourth-order valence-corrected chi connectivity index (χ4v) is 9.44. The van der Waals surface area contributed by atoms with E-state index in [1.165, 1.54) is 19.0 Å². The van der Waals surface area contributed by atoms with E-state index in [-0.39, 0.29) is 24.3 Å². The van der Waals surface area contributed by atoms with Crippen LogP contribution >= 0.6 is 67.8 Å². The maximum absolute atomic E-state index is 12.2. The Morgan fingerprint density at radius 1 is 0.706 bits per heavy atom. The van der Waals surface area contributed by atoms with Gasteiger partial charge in [0.15, 0.2) is 18.3 Å². The van der Waals surface area contributed by atoms with Crippen LogP contribution in [0.5, 0.6) is 0 Å². The van der Waals surface area contributed by atoms with Crippen LogP contribution in [-0.4, -0.2) is 143 Å². The molecule has 24 nitrogen and oxygen atoms in total. The van der Waals surface area contributed by atoms with Crippen LogP contribution in [0.1, 0.15) is 93.5 Å². The highest BCUT2D eigenvalue weighted by Crippen LogP contribution is 2.31. The largest absolute Gasteiger partial charge is 0.444 e. The van der Waals surface area contributed by atoms with Gasteiger partial charge in [-0.1, -0.05) is 0 Å². The lowest BCUT2D eigenvalue weighted by molar-refractivity contribution is 0.00991. The Bertz CT molecular complexity index is 2700. The molecule has 0 saturated carbocycles. The molecule has 68 heavy (non-hydrogen) atoms. The van der Waals surface area contributed by atoms with Gasteiger partial charge in [-0.05, 0) is 161 Å². The van der Waals surface area contributed by atoms with E-state index < -0.39 is 11.2 Å². The molecule has 368 valence electrons. The lowest BCUT2D eigenvalue weighted by atomic mass is 10.1. The highest BCUT2D eigenvalue weighted by molar-refractivity contribution is 14.1. The van der Waals surface area contributed by atoms with Gasteiger partial charge in [0.2, 0.25) is 0 Å². The topological polar surface area (TPSA) is 335 Å². The van der Waals surface area contributed by atoms with E-state index >= 15 is 0 Å². The summed E-state index contributed by atoms with van der Waals surface area (Å²) in [6.45, 7) is 16.7. The first-order chi connectivity index (χ1) is 32.6. The quantitative estimate of drug-likeness (QED) is 0.115. The van der Waals surface area contributed by atoms with Crippen molar-refractivity contribution in [1.29, 1.82) is 5.26 Å². The Hall–Kier alpha value is -4.81. The van der Waals surface area contributed by atoms with Crippen LogP contribution < -0.4 is 22.5 Å². The number of carbonyl (C=O) groups excluding carboxylic acids is 2. The average Bonchev–Trinajstić information content (AvgIpc) is 3.97. The highest BCUT2D eigenvalue weighted by Gasteiger charge is 2.30. The number of hydrogen-bond acceptors (Lipinski definition) is 19. The molecule has 9 rings (SSSR count). The number of nitrogen functional groups attached to an aromatic ring is 3. The van der Waals surface area contributed by atoms with E-state index in [2.05, 4.69) is 123 Å². The molecular weight excluding hydrogens is 1220 g/mol. The van der Waals surface area contributed by atoms with Gasteiger partial charge in [-0.3, -0.25) is 5.10 Å². The van der Waals surface area contributed by atoms with Crippen molar-refractivity contribution in [1.82, 2.24) is 74.8 Å². The van der Waals surface area contributed by atoms with E-state index in [0.717, 1.165) is 83.9 Å². The van der Waals surface area contributed by atoms with Crippen LogP contribution in [0.3, 0.4) is 0 Å². The number of aliphatic hydroxyl groups excluding tert-OH is 1. The fraction of sp³-hybridized carbons (Fsp3) is 0.561. The number of anilines is 3. The Morgan fingerprint density at radius 2 is 1.10 bits per heavy atom. The van der Waals surface area contributed by atoms with Crippen LogP contribution in [0.4, 0.5) is 27.0 Å². The van der Waals surface area contributed by atoms with Gasteiger partial charge in [-0.2, -0.15) is 15.3 Å². The van der Waals surface area contributed by atoms with E-state index in [1.54, 1.807) is 9.80 Å². The zero-order chi connectivity index (χ0) is 50.6. The van der Waals surface area contributed by atoms with E-state index in [4.69, 9.17) is 33.3 Å². The number of ether oxygens (including phenoxy) is 2. The first kappa shape index (κ1) is 52.6. The molecule has 9 N–H and O–H groups in total. The van der Waals surface area contributed by atoms with Crippen molar-refractivity contribution in [2.45, 2.75) is 109 Å². The van der Waals surface area contributed by atoms with Gasteiger partial charge in [0, 0.05) is 32.7 Å². The minimum Gasteiger partial charge on any atom is -0.444 e. The number of aromatic nitrogens is 12. The number of amides is 2. The number of likely N-dealkylation sites (tertiary alicyclic amines) is 2. The van der Waals surface area contributed by atoms with Crippen molar-refractivity contribution < 1.29 is 25.5 Å². The number of H-pyrrole nitrogens is 1. The van der Waals surface area contributed by atoms with Crippen LogP contribution in [-0.2, 0) is 9.47 Å². The Labute approximate surface area is 435 Å². The molecule has 0 atom stereocenters. The van der Waals surface area contributed by atoms with Crippen molar-refractivity contribution in [2.24, 2.45) is 0 Å². The molecule has 0 unspecified atom stereocenters. The molecule has 6 aromatic heterocycles. The van der Waals surface area contributed by atoms with Gasteiger partial charge in [0.25, 0.3) is 0 Å². The van der Waals surface area contributed by atoms with Crippen molar-refractivity contribution in [3.63, 3.8) is 0 Å². The molecular formula is C41H58I3N19O5. The number of nitrogens with zero attached hydrogens (tertiary/aromatic N) is 14. The van der Waals surface area contributed by atoms with Gasteiger partial charge in [0.1, 0.15) is 58.7 Å². The molecule has 3 saturated heterocycles. The van der Waals surface area contributed by atoms with E-state index in [1.807, 2.05) is 50.9 Å². The number of halogens is 3. The summed E-state index contributed by atoms with van der Waals surface area (Å²) in [5.41, 5.74) is 18.7. The minimum absolute atomic E-state index is 0.184. The predicted molar refractivity (Wildman–Crippen MR) is 281 cm³/mol. The number of hydrogen-bond donors (Lipinski definition) is 6. The average molecular weight is 1280 g/mol.